The molecule has 3 aromatic rings. The van der Waals surface area contributed by atoms with E-state index >= 15 is 0 Å². The number of ether oxygens (including phenoxy) is 1. The number of aliphatic carboxylic acids is 1. The fraction of sp³-hybridized carbons (Fsp3) is 0.231. The van der Waals surface area contributed by atoms with E-state index in [9.17, 15) is 19.2 Å². The highest BCUT2D eigenvalue weighted by molar-refractivity contribution is 6.36. The average Bonchev–Trinajstić information content (AvgIpc) is 3.41. The Balaban J connectivity index is 1.52. The number of hydrazine groups is 1. The normalized spacial score (nSPS) is 15.4. The molecule has 0 bridgehead atoms. The zero-order chi connectivity index (χ0) is 26.7. The number of carbonyl (C=O) groups excluding carboxylic acids is 3. The van der Waals surface area contributed by atoms with Crippen molar-refractivity contribution in [3.63, 3.8) is 0 Å². The molecule has 1 aliphatic rings. The van der Waals surface area contributed by atoms with Crippen molar-refractivity contribution in [3.05, 3.63) is 59.8 Å². The van der Waals surface area contributed by atoms with Gasteiger partial charge in [-0.1, -0.05) is 18.2 Å². The first-order chi connectivity index (χ1) is 17.7. The number of nitrogens with zero attached hydrogens (tertiary/aromatic N) is 1. The van der Waals surface area contributed by atoms with E-state index in [4.69, 9.17) is 15.6 Å². The molecule has 1 aromatic heterocycles. The molecule has 0 radical (unpaired) electrons. The molecular weight excluding hydrogens is 478 g/mol. The van der Waals surface area contributed by atoms with Crippen molar-refractivity contribution in [2.45, 2.75) is 31.8 Å². The molecule has 0 saturated heterocycles. The molecule has 2 atom stereocenters. The number of carboxylic acid groups (broad SMARTS) is 1. The van der Waals surface area contributed by atoms with E-state index in [1.165, 1.54) is 6.92 Å². The zero-order valence-corrected chi connectivity index (χ0v) is 20.3. The van der Waals surface area contributed by atoms with E-state index in [-0.39, 0.29) is 12.8 Å². The van der Waals surface area contributed by atoms with Crippen LogP contribution in [0.1, 0.15) is 30.9 Å². The summed E-state index contributed by atoms with van der Waals surface area (Å²) < 4.78 is 5.32. The first-order valence-corrected chi connectivity index (χ1v) is 11.6. The van der Waals surface area contributed by atoms with E-state index in [2.05, 4.69) is 15.7 Å². The lowest BCUT2D eigenvalue weighted by molar-refractivity contribution is -0.138. The molecule has 0 saturated carbocycles. The number of rotatable bonds is 9. The summed E-state index contributed by atoms with van der Waals surface area (Å²) in [5.74, 6) is -2.10. The number of nitrogens with two attached hydrogens (primary N) is 1. The molecule has 192 valence electrons. The third-order valence-electron chi connectivity index (χ3n) is 6.08. The molecule has 11 nitrogen and oxygen atoms in total. The zero-order valence-electron chi connectivity index (χ0n) is 20.3. The summed E-state index contributed by atoms with van der Waals surface area (Å²) in [6.07, 6.45) is 3.32. The highest BCUT2D eigenvalue weighted by Gasteiger charge is 2.34. The second kappa shape index (κ2) is 10.5. The van der Waals surface area contributed by atoms with Crippen LogP contribution >= 0.6 is 0 Å². The van der Waals surface area contributed by atoms with Crippen molar-refractivity contribution in [2.75, 3.05) is 12.1 Å². The Morgan fingerprint density at radius 1 is 1.22 bits per heavy atom. The van der Waals surface area contributed by atoms with Gasteiger partial charge in [0.2, 0.25) is 5.91 Å². The van der Waals surface area contributed by atoms with Gasteiger partial charge in [0.1, 0.15) is 17.8 Å². The monoisotopic (exact) mass is 505 g/mol. The highest BCUT2D eigenvalue weighted by Crippen LogP contribution is 2.37. The molecule has 1 aliphatic heterocycles. The molecule has 11 heteroatoms. The Bertz CT molecular complexity index is 1410. The molecule has 2 heterocycles. The molecule has 6 N–H and O–H groups in total. The fourth-order valence-electron chi connectivity index (χ4n) is 4.01. The number of para-hydroxylation sites is 1. The first kappa shape index (κ1) is 25.5. The number of benzene rings is 2. The van der Waals surface area contributed by atoms with Crippen molar-refractivity contribution in [3.8, 4) is 5.75 Å². The molecular formula is C26H27N5O6. The van der Waals surface area contributed by atoms with Gasteiger partial charge in [-0.3, -0.25) is 24.6 Å². The minimum Gasteiger partial charge on any atom is -0.497 e. The minimum absolute atomic E-state index is 0.0681. The number of methoxy groups -OCH3 is 1. The van der Waals surface area contributed by atoms with Crippen LogP contribution in [0.5, 0.6) is 5.75 Å². The predicted octanol–water partition coefficient (Wildman–Crippen LogP) is 1.79. The van der Waals surface area contributed by atoms with Crippen LogP contribution in [0.15, 0.2) is 48.7 Å². The van der Waals surface area contributed by atoms with Crippen LogP contribution in [0.3, 0.4) is 0 Å². The van der Waals surface area contributed by atoms with Crippen LogP contribution in [-0.2, 0) is 19.2 Å². The van der Waals surface area contributed by atoms with Crippen LogP contribution in [0.2, 0.25) is 0 Å². The second-order valence-electron chi connectivity index (χ2n) is 8.62. The Hall–Kier alpha value is -4.64. The van der Waals surface area contributed by atoms with Crippen molar-refractivity contribution < 1.29 is 29.0 Å². The third kappa shape index (κ3) is 5.31. The van der Waals surface area contributed by atoms with Crippen molar-refractivity contribution in [2.24, 2.45) is 5.73 Å². The standard InChI is InChI=1S/C26H27N5O6/c1-14(29-23(32)10-8-20(27)26(35)36)24(33)30-31-22-6-4-3-5-17(22)19(25(31)34)11-15-13-28-21-9-7-16(37-2)12-18(15)21/h3-7,9,11-14,20,28H,8,10,27H2,1-2H3,(H,29,32)(H,30,33)(H,35,36)/t14-,20-/m0/s1. The molecule has 0 aliphatic carbocycles. The minimum atomic E-state index is -1.21. The number of aromatic nitrogens is 1. The molecule has 0 spiro atoms. The fourth-order valence-corrected chi connectivity index (χ4v) is 4.01. The number of amides is 3. The number of nitrogens with one attached hydrogen (secondary N) is 3. The van der Waals surface area contributed by atoms with Gasteiger partial charge in [-0.2, -0.15) is 0 Å². The van der Waals surface area contributed by atoms with E-state index in [0.29, 0.717) is 22.6 Å². The summed E-state index contributed by atoms with van der Waals surface area (Å²) in [5, 5.41) is 13.4. The van der Waals surface area contributed by atoms with Gasteiger partial charge in [0, 0.05) is 34.6 Å². The number of carbonyl (C=O) groups is 4. The average molecular weight is 506 g/mol. The van der Waals surface area contributed by atoms with E-state index in [0.717, 1.165) is 21.5 Å². The lowest BCUT2D eigenvalue weighted by Gasteiger charge is -2.21. The summed E-state index contributed by atoms with van der Waals surface area (Å²) >= 11 is 0. The van der Waals surface area contributed by atoms with E-state index in [1.807, 2.05) is 18.2 Å². The Labute approximate surface area is 212 Å². The second-order valence-corrected chi connectivity index (χ2v) is 8.62. The smallest absolute Gasteiger partial charge is 0.320 e. The van der Waals surface area contributed by atoms with E-state index in [1.54, 1.807) is 43.6 Å². The number of fused-ring (bicyclic) bond motifs is 2. The molecule has 2 aromatic carbocycles. The van der Waals surface area contributed by atoms with Gasteiger partial charge in [-0.05, 0) is 43.7 Å². The summed E-state index contributed by atoms with van der Waals surface area (Å²) in [7, 11) is 1.58. The van der Waals surface area contributed by atoms with Crippen LogP contribution in [0.25, 0.3) is 22.6 Å². The predicted molar refractivity (Wildman–Crippen MR) is 137 cm³/mol. The van der Waals surface area contributed by atoms with Crippen LogP contribution in [0, 0.1) is 0 Å². The largest absolute Gasteiger partial charge is 0.497 e. The maximum Gasteiger partial charge on any atom is 0.320 e. The third-order valence-corrected chi connectivity index (χ3v) is 6.08. The lowest BCUT2D eigenvalue weighted by atomic mass is 10.0. The Morgan fingerprint density at radius 3 is 2.70 bits per heavy atom. The quantitative estimate of drug-likeness (QED) is 0.276. The van der Waals surface area contributed by atoms with Crippen molar-refractivity contribution in [1.29, 1.82) is 0 Å². The maximum absolute atomic E-state index is 13.4. The number of hydrogen-bond acceptors (Lipinski definition) is 6. The lowest BCUT2D eigenvalue weighted by Crippen LogP contribution is -2.52. The summed E-state index contributed by atoms with van der Waals surface area (Å²) in [6, 6.07) is 10.5. The van der Waals surface area contributed by atoms with Crippen LogP contribution in [-0.4, -0.2) is 53.0 Å². The highest BCUT2D eigenvalue weighted by atomic mass is 16.5. The van der Waals surface area contributed by atoms with Gasteiger partial charge in [-0.15, -0.1) is 0 Å². The number of H-pyrrole nitrogens is 1. The van der Waals surface area contributed by atoms with Crippen LogP contribution < -0.4 is 26.2 Å². The molecule has 0 unspecified atom stereocenters. The summed E-state index contributed by atoms with van der Waals surface area (Å²) in [5.41, 5.74) is 11.2. The number of hydrogen-bond donors (Lipinski definition) is 5. The number of anilines is 1. The van der Waals surface area contributed by atoms with Crippen LogP contribution in [0.4, 0.5) is 5.69 Å². The van der Waals surface area contributed by atoms with Gasteiger partial charge in [0.25, 0.3) is 11.8 Å². The summed E-state index contributed by atoms with van der Waals surface area (Å²) in [4.78, 5) is 52.4. The molecule has 37 heavy (non-hydrogen) atoms. The SMILES string of the molecule is COc1ccc2[nH]cc(C=C3C(=O)N(NC(=O)[C@H](C)NC(=O)CC[C@H](N)C(=O)O)c4ccccc43)c2c1. The number of aromatic amines is 1. The first-order valence-electron chi connectivity index (χ1n) is 11.6. The van der Waals surface area contributed by atoms with Gasteiger partial charge in [-0.25, -0.2) is 5.01 Å². The van der Waals surface area contributed by atoms with Gasteiger partial charge in [0.05, 0.1) is 18.4 Å². The summed E-state index contributed by atoms with van der Waals surface area (Å²) in [6.45, 7) is 1.47. The maximum atomic E-state index is 13.4. The van der Waals surface area contributed by atoms with E-state index < -0.39 is 35.8 Å². The molecule has 0 fully saturated rings. The molecule has 3 amide bonds. The van der Waals surface area contributed by atoms with Crippen molar-refractivity contribution in [1.82, 2.24) is 15.7 Å². The van der Waals surface area contributed by atoms with Gasteiger partial charge in [0.15, 0.2) is 0 Å². The topological polar surface area (TPSA) is 167 Å². The van der Waals surface area contributed by atoms with Gasteiger partial charge >= 0.3 is 5.97 Å². The number of carboxylic acids is 1. The Morgan fingerprint density at radius 2 is 1.97 bits per heavy atom. The van der Waals surface area contributed by atoms with Gasteiger partial charge < -0.3 is 25.9 Å². The molecule has 4 rings (SSSR count). The van der Waals surface area contributed by atoms with Crippen molar-refractivity contribution >= 4 is 51.9 Å². The Kier molecular flexibility index (Phi) is 7.25.